The third kappa shape index (κ3) is 4.26. The van der Waals surface area contributed by atoms with E-state index in [1.807, 2.05) is 6.07 Å². The monoisotopic (exact) mass is 218 g/mol. The molecule has 0 aromatic heterocycles. The van der Waals surface area contributed by atoms with E-state index in [2.05, 4.69) is 36.5 Å². The molecule has 3 nitrogen and oxygen atoms in total. The van der Waals surface area contributed by atoms with E-state index in [-0.39, 0.29) is 0 Å². The molecular formula is C13H18N2O. The number of hydrazone groups is 1. The molecule has 1 aromatic rings. The maximum atomic E-state index is 10.1. The number of nitrogens with zero attached hydrogens (tertiary/aromatic N) is 1. The molecule has 0 spiro atoms. The molecule has 0 radical (unpaired) electrons. The molecule has 1 aromatic carbocycles. The molecule has 1 rings (SSSR count). The second-order valence-electron chi connectivity index (χ2n) is 3.82. The highest BCUT2D eigenvalue weighted by Crippen LogP contribution is 2.13. The molecule has 0 aliphatic carbocycles. The molecular weight excluding hydrogens is 200 g/mol. The number of hydrogen-bond donors (Lipinski definition) is 1. The smallest absolute Gasteiger partial charge is 0.120 e. The van der Waals surface area contributed by atoms with Crippen molar-refractivity contribution in [2.45, 2.75) is 33.1 Å². The molecule has 1 N–H and O–H groups in total. The normalized spacial score (nSPS) is 10.6. The average Bonchev–Trinajstić information content (AvgIpc) is 2.28. The van der Waals surface area contributed by atoms with Crippen molar-refractivity contribution in [1.29, 1.82) is 0 Å². The second kappa shape index (κ2) is 6.77. The summed E-state index contributed by atoms with van der Waals surface area (Å²) < 4.78 is 0. The highest BCUT2D eigenvalue weighted by Gasteiger charge is 1.93. The quantitative estimate of drug-likeness (QED) is 0.345. The lowest BCUT2D eigenvalue weighted by molar-refractivity contribution is -0.107. The fourth-order valence-electron chi connectivity index (χ4n) is 1.29. The SMILES string of the molecule is Cc1ccc(NN=CCCCC=O)cc1C. The van der Waals surface area contributed by atoms with E-state index < -0.39 is 0 Å². The zero-order chi connectivity index (χ0) is 11.8. The van der Waals surface area contributed by atoms with Crippen LogP contribution in [0.3, 0.4) is 0 Å². The predicted molar refractivity (Wildman–Crippen MR) is 67.9 cm³/mol. The fraction of sp³-hybridized carbons (Fsp3) is 0.385. The number of rotatable bonds is 6. The molecule has 0 bridgehead atoms. The minimum absolute atomic E-state index is 0.607. The number of hydrogen-bond acceptors (Lipinski definition) is 3. The molecule has 0 unspecified atom stereocenters. The van der Waals surface area contributed by atoms with Crippen LogP contribution in [0.1, 0.15) is 30.4 Å². The number of anilines is 1. The Hall–Kier alpha value is -1.64. The van der Waals surface area contributed by atoms with Gasteiger partial charge in [0.1, 0.15) is 6.29 Å². The molecule has 0 aliphatic heterocycles. The topological polar surface area (TPSA) is 41.5 Å². The van der Waals surface area contributed by atoms with E-state index in [9.17, 15) is 4.79 Å². The summed E-state index contributed by atoms with van der Waals surface area (Å²) in [4.78, 5) is 10.1. The number of unbranched alkanes of at least 4 members (excludes halogenated alkanes) is 2. The van der Waals surface area contributed by atoms with Gasteiger partial charge >= 0.3 is 0 Å². The highest BCUT2D eigenvalue weighted by atomic mass is 16.1. The van der Waals surface area contributed by atoms with Crippen LogP contribution in [0.25, 0.3) is 0 Å². The molecule has 0 amide bonds. The Morgan fingerprint density at radius 1 is 1.25 bits per heavy atom. The summed E-state index contributed by atoms with van der Waals surface area (Å²) in [5.74, 6) is 0. The highest BCUT2D eigenvalue weighted by molar-refractivity contribution is 5.60. The van der Waals surface area contributed by atoms with Crippen LogP contribution >= 0.6 is 0 Å². The van der Waals surface area contributed by atoms with Crippen molar-refractivity contribution < 1.29 is 4.79 Å². The van der Waals surface area contributed by atoms with E-state index in [1.54, 1.807) is 6.21 Å². The van der Waals surface area contributed by atoms with Crippen LogP contribution in [0.2, 0.25) is 0 Å². The van der Waals surface area contributed by atoms with Crippen LogP contribution in [0.4, 0.5) is 5.69 Å². The van der Waals surface area contributed by atoms with Crippen molar-refractivity contribution >= 4 is 18.2 Å². The summed E-state index contributed by atoms with van der Waals surface area (Å²) in [6.45, 7) is 4.16. The van der Waals surface area contributed by atoms with Gasteiger partial charge in [-0.05, 0) is 49.9 Å². The van der Waals surface area contributed by atoms with E-state index in [4.69, 9.17) is 0 Å². The van der Waals surface area contributed by atoms with Crippen molar-refractivity contribution in [3.05, 3.63) is 29.3 Å². The second-order valence-corrected chi connectivity index (χ2v) is 3.82. The number of aryl methyl sites for hydroxylation is 2. The van der Waals surface area contributed by atoms with Crippen molar-refractivity contribution in [3.8, 4) is 0 Å². The molecule has 0 aliphatic rings. The van der Waals surface area contributed by atoms with Crippen molar-refractivity contribution in [2.75, 3.05) is 5.43 Å². The summed E-state index contributed by atoms with van der Waals surface area (Å²) in [6.07, 6.45) is 5.04. The van der Waals surface area contributed by atoms with E-state index >= 15 is 0 Å². The molecule has 0 saturated carbocycles. The van der Waals surface area contributed by atoms with Crippen LogP contribution in [-0.4, -0.2) is 12.5 Å². The number of carbonyl (C=O) groups is 1. The Morgan fingerprint density at radius 2 is 2.06 bits per heavy atom. The predicted octanol–water partition coefficient (Wildman–Crippen LogP) is 3.07. The Bertz CT molecular complexity index is 372. The Morgan fingerprint density at radius 3 is 2.75 bits per heavy atom. The molecule has 0 heterocycles. The molecule has 0 fully saturated rings. The first-order valence-electron chi connectivity index (χ1n) is 5.52. The van der Waals surface area contributed by atoms with Crippen LogP contribution in [-0.2, 0) is 4.79 Å². The molecule has 0 saturated heterocycles. The van der Waals surface area contributed by atoms with E-state index in [0.717, 1.165) is 24.8 Å². The number of aldehydes is 1. The summed E-state index contributed by atoms with van der Waals surface area (Å²) >= 11 is 0. The lowest BCUT2D eigenvalue weighted by Crippen LogP contribution is -1.91. The van der Waals surface area contributed by atoms with E-state index in [1.165, 1.54) is 11.1 Å². The van der Waals surface area contributed by atoms with Crippen LogP contribution in [0, 0.1) is 13.8 Å². The van der Waals surface area contributed by atoms with Gasteiger partial charge in [0.2, 0.25) is 0 Å². The van der Waals surface area contributed by atoms with Gasteiger partial charge in [-0.2, -0.15) is 5.10 Å². The number of benzene rings is 1. The van der Waals surface area contributed by atoms with E-state index in [0.29, 0.717) is 6.42 Å². The van der Waals surface area contributed by atoms with Crippen molar-refractivity contribution in [2.24, 2.45) is 5.10 Å². The molecule has 16 heavy (non-hydrogen) atoms. The van der Waals surface area contributed by atoms with Gasteiger partial charge in [0.25, 0.3) is 0 Å². The lowest BCUT2D eigenvalue weighted by Gasteiger charge is -2.03. The van der Waals surface area contributed by atoms with Gasteiger partial charge in [-0.3, -0.25) is 5.43 Å². The van der Waals surface area contributed by atoms with Gasteiger partial charge in [-0.25, -0.2) is 0 Å². The van der Waals surface area contributed by atoms with Crippen molar-refractivity contribution in [3.63, 3.8) is 0 Å². The maximum Gasteiger partial charge on any atom is 0.120 e. The summed E-state index contributed by atoms with van der Waals surface area (Å²) in [6, 6.07) is 6.14. The standard InChI is InChI=1S/C13H18N2O/c1-11-6-7-13(10-12(11)2)15-14-8-4-3-5-9-16/h6-10,15H,3-5H2,1-2H3. The minimum atomic E-state index is 0.607. The molecule has 3 heteroatoms. The zero-order valence-electron chi connectivity index (χ0n) is 9.86. The first-order chi connectivity index (χ1) is 7.74. The zero-order valence-corrected chi connectivity index (χ0v) is 9.86. The average molecular weight is 218 g/mol. The van der Waals surface area contributed by atoms with Gasteiger partial charge in [0.05, 0.1) is 5.69 Å². The first-order valence-corrected chi connectivity index (χ1v) is 5.52. The summed E-state index contributed by atoms with van der Waals surface area (Å²) in [5, 5.41) is 4.09. The van der Waals surface area contributed by atoms with Crippen LogP contribution < -0.4 is 5.43 Å². The van der Waals surface area contributed by atoms with Gasteiger partial charge in [-0.15, -0.1) is 0 Å². The summed E-state index contributed by atoms with van der Waals surface area (Å²) in [5.41, 5.74) is 6.50. The first kappa shape index (κ1) is 12.4. The van der Waals surface area contributed by atoms with Gasteiger partial charge in [0, 0.05) is 12.6 Å². The number of nitrogens with one attached hydrogen (secondary N) is 1. The fourth-order valence-corrected chi connectivity index (χ4v) is 1.29. The Labute approximate surface area is 96.6 Å². The Kier molecular flexibility index (Phi) is 5.26. The van der Waals surface area contributed by atoms with Gasteiger partial charge in [-0.1, -0.05) is 6.07 Å². The minimum Gasteiger partial charge on any atom is -0.303 e. The molecule has 86 valence electrons. The number of carbonyl (C=O) groups excluding carboxylic acids is 1. The van der Waals surface area contributed by atoms with Crippen LogP contribution in [0.15, 0.2) is 23.3 Å². The third-order valence-corrected chi connectivity index (χ3v) is 2.45. The van der Waals surface area contributed by atoms with Gasteiger partial charge < -0.3 is 4.79 Å². The lowest BCUT2D eigenvalue weighted by atomic mass is 10.1. The van der Waals surface area contributed by atoms with Gasteiger partial charge in [0.15, 0.2) is 0 Å². The van der Waals surface area contributed by atoms with Crippen molar-refractivity contribution in [1.82, 2.24) is 0 Å². The largest absolute Gasteiger partial charge is 0.303 e. The third-order valence-electron chi connectivity index (χ3n) is 2.45. The molecule has 0 atom stereocenters. The Balaban J connectivity index is 2.36. The maximum absolute atomic E-state index is 10.1. The summed E-state index contributed by atoms with van der Waals surface area (Å²) in [7, 11) is 0. The van der Waals surface area contributed by atoms with Crippen LogP contribution in [0.5, 0.6) is 0 Å².